The normalized spacial score (nSPS) is 16.5. The molecular weight excluding hydrogens is 633 g/mol. The van der Waals surface area contributed by atoms with E-state index in [1.165, 1.54) is 33.4 Å². The van der Waals surface area contributed by atoms with Gasteiger partial charge in [0.15, 0.2) is 0 Å². The van der Waals surface area contributed by atoms with Crippen LogP contribution in [0.15, 0.2) is 162 Å². The van der Waals surface area contributed by atoms with Crippen molar-refractivity contribution in [3.05, 3.63) is 224 Å². The summed E-state index contributed by atoms with van der Waals surface area (Å²) in [6.07, 6.45) is 8.87. The van der Waals surface area contributed by atoms with Crippen molar-refractivity contribution in [2.45, 2.75) is 33.7 Å². The average Bonchev–Trinajstić information content (AvgIpc) is 3.99. The van der Waals surface area contributed by atoms with Crippen molar-refractivity contribution in [1.82, 2.24) is 15.3 Å². The smallest absolute Gasteiger partial charge is 0.0737 e. The number of rotatable bonds is 4. The van der Waals surface area contributed by atoms with E-state index >= 15 is 0 Å². The molecule has 6 aromatic rings. The number of benzene rings is 4. The van der Waals surface area contributed by atoms with Crippen LogP contribution < -0.4 is 16.0 Å². The van der Waals surface area contributed by atoms with Crippen molar-refractivity contribution < 1.29 is 0 Å². The highest BCUT2D eigenvalue weighted by Gasteiger charge is 2.25. The standard InChI is InChI=1S/C48H40N4/c1-29-5-13-33(14-6-29)45-37-21-23-39(49-37)46(34-15-7-30(2)8-16-34)41-25-27-43(51-41)48(36-19-11-32(4)12-20-36)44-28-26-42(52-44)47(40-24-22-38(45)50-40)35-17-9-31(3)10-18-35/h5-28,37,49-51H,1-4H3. The predicted molar refractivity (Wildman–Crippen MR) is 215 cm³/mol. The van der Waals surface area contributed by atoms with E-state index in [0.717, 1.165) is 72.6 Å². The highest BCUT2D eigenvalue weighted by atomic mass is 15.0. The number of aromatic amines is 2. The van der Waals surface area contributed by atoms with Gasteiger partial charge in [-0.1, -0.05) is 125 Å². The Morgan fingerprint density at radius 1 is 0.442 bits per heavy atom. The maximum atomic E-state index is 5.42. The molecule has 252 valence electrons. The summed E-state index contributed by atoms with van der Waals surface area (Å²) in [6, 6.07) is 44.0. The Bertz CT molecular complexity index is 2630. The molecular formula is C48H40N4. The average molecular weight is 673 g/mol. The molecule has 1 atom stereocenters. The molecule has 0 aliphatic carbocycles. The first-order chi connectivity index (χ1) is 25.4. The van der Waals surface area contributed by atoms with Gasteiger partial charge in [0.1, 0.15) is 0 Å². The summed E-state index contributed by atoms with van der Waals surface area (Å²) in [5.74, 6) is 0. The molecule has 9 rings (SSSR count). The molecule has 0 fully saturated rings. The van der Waals surface area contributed by atoms with Crippen LogP contribution >= 0.6 is 0 Å². The molecule has 0 spiro atoms. The van der Waals surface area contributed by atoms with Crippen LogP contribution in [-0.4, -0.2) is 21.7 Å². The number of nitrogens with one attached hydrogen (secondary N) is 3. The van der Waals surface area contributed by atoms with E-state index in [0.29, 0.717) is 0 Å². The molecule has 1 unspecified atom stereocenters. The molecule has 3 aliphatic heterocycles. The topological polar surface area (TPSA) is 56.0 Å². The van der Waals surface area contributed by atoms with E-state index in [1.54, 1.807) is 0 Å². The van der Waals surface area contributed by atoms with Crippen molar-refractivity contribution >= 4 is 28.0 Å². The fraction of sp³-hybridized carbons (Fsp3) is 0.104. The number of fused-ring (bicyclic) bond motifs is 7. The maximum absolute atomic E-state index is 5.42. The second-order valence-electron chi connectivity index (χ2n) is 14.2. The Hall–Kier alpha value is -6.39. The largest absolute Gasteiger partial charge is 0.374 e. The van der Waals surface area contributed by atoms with Gasteiger partial charge >= 0.3 is 0 Å². The number of aliphatic imine (C=N–C) groups is 1. The summed E-state index contributed by atoms with van der Waals surface area (Å²) < 4.78 is 0. The van der Waals surface area contributed by atoms with Gasteiger partial charge in [-0.25, -0.2) is 4.99 Å². The fourth-order valence-corrected chi connectivity index (χ4v) is 7.54. The van der Waals surface area contributed by atoms with E-state index in [4.69, 9.17) is 4.99 Å². The molecule has 3 aliphatic rings. The molecule has 5 heterocycles. The predicted octanol–water partition coefficient (Wildman–Crippen LogP) is 8.75. The van der Waals surface area contributed by atoms with Gasteiger partial charge in [-0.3, -0.25) is 0 Å². The first-order valence-corrected chi connectivity index (χ1v) is 18.0. The molecule has 0 radical (unpaired) electrons. The summed E-state index contributed by atoms with van der Waals surface area (Å²) >= 11 is 0. The number of hydrogen-bond acceptors (Lipinski definition) is 2. The lowest BCUT2D eigenvalue weighted by Crippen LogP contribution is -2.30. The van der Waals surface area contributed by atoms with Crippen molar-refractivity contribution in [2.24, 2.45) is 4.99 Å². The van der Waals surface area contributed by atoms with E-state index < -0.39 is 0 Å². The number of aryl methyl sites for hydroxylation is 4. The van der Waals surface area contributed by atoms with E-state index in [2.05, 4.69) is 189 Å². The van der Waals surface area contributed by atoms with Crippen LogP contribution in [-0.2, 0) is 0 Å². The Morgan fingerprint density at radius 2 is 0.942 bits per heavy atom. The molecule has 4 aromatic carbocycles. The SMILES string of the molecule is Cc1ccc(C2=C3C=CC(=N3)C(c3ccc(C)cc3)=c3ccc([nH]3)=C(c3ccc(C)cc3)C3C=CC(=C(c4ccc(C)cc4)c4ccc2[nH]4)N3)cc1. The lowest BCUT2D eigenvalue weighted by molar-refractivity contribution is 0.855. The van der Waals surface area contributed by atoms with Crippen LogP contribution in [0, 0.1) is 27.7 Å². The second kappa shape index (κ2) is 12.7. The quantitative estimate of drug-likeness (QED) is 0.172. The zero-order chi connectivity index (χ0) is 35.3. The van der Waals surface area contributed by atoms with Gasteiger partial charge in [0.05, 0.1) is 17.5 Å². The highest BCUT2D eigenvalue weighted by Crippen LogP contribution is 2.36. The Balaban J connectivity index is 1.38. The van der Waals surface area contributed by atoms with Crippen molar-refractivity contribution in [1.29, 1.82) is 0 Å². The number of aromatic nitrogens is 2. The number of hydrogen-bond donors (Lipinski definition) is 3. The van der Waals surface area contributed by atoms with Crippen LogP contribution in [0.1, 0.15) is 55.9 Å². The highest BCUT2D eigenvalue weighted by molar-refractivity contribution is 6.30. The minimum absolute atomic E-state index is 0.0619. The third kappa shape index (κ3) is 5.72. The minimum atomic E-state index is -0.0619. The van der Waals surface area contributed by atoms with Crippen LogP contribution in [0.25, 0.3) is 22.3 Å². The number of H-pyrrole nitrogens is 2. The van der Waals surface area contributed by atoms with E-state index in [-0.39, 0.29) is 6.04 Å². The van der Waals surface area contributed by atoms with Crippen LogP contribution in [0.2, 0.25) is 0 Å². The summed E-state index contributed by atoms with van der Waals surface area (Å²) in [7, 11) is 0. The molecule has 2 aromatic heterocycles. The Kier molecular flexibility index (Phi) is 7.74. The van der Waals surface area contributed by atoms with Crippen LogP contribution in [0.5, 0.6) is 0 Å². The van der Waals surface area contributed by atoms with Gasteiger partial charge in [0, 0.05) is 50.1 Å². The van der Waals surface area contributed by atoms with Crippen LogP contribution in [0.3, 0.4) is 0 Å². The number of nitrogens with zero attached hydrogens (tertiary/aromatic N) is 1. The van der Waals surface area contributed by atoms with Gasteiger partial charge in [-0.15, -0.1) is 0 Å². The van der Waals surface area contributed by atoms with Crippen molar-refractivity contribution in [3.63, 3.8) is 0 Å². The van der Waals surface area contributed by atoms with Crippen LogP contribution in [0.4, 0.5) is 0 Å². The van der Waals surface area contributed by atoms with Gasteiger partial charge in [-0.05, 0) is 92.4 Å². The summed E-state index contributed by atoms with van der Waals surface area (Å²) in [6.45, 7) is 8.53. The third-order valence-corrected chi connectivity index (χ3v) is 10.4. The Labute approximate surface area is 304 Å². The molecule has 0 saturated carbocycles. The molecule has 52 heavy (non-hydrogen) atoms. The van der Waals surface area contributed by atoms with Gasteiger partial charge in [0.2, 0.25) is 0 Å². The fourth-order valence-electron chi connectivity index (χ4n) is 7.54. The monoisotopic (exact) mass is 672 g/mol. The lowest BCUT2D eigenvalue weighted by atomic mass is 9.97. The molecule has 4 nitrogen and oxygen atoms in total. The lowest BCUT2D eigenvalue weighted by Gasteiger charge is -2.19. The van der Waals surface area contributed by atoms with Crippen molar-refractivity contribution in [2.75, 3.05) is 0 Å². The molecule has 8 bridgehead atoms. The first-order valence-electron chi connectivity index (χ1n) is 18.0. The molecule has 0 amide bonds. The summed E-state index contributed by atoms with van der Waals surface area (Å²) in [4.78, 5) is 13.2. The number of allylic oxidation sites excluding steroid dienone is 3. The maximum Gasteiger partial charge on any atom is 0.0737 e. The van der Waals surface area contributed by atoms with E-state index in [9.17, 15) is 0 Å². The van der Waals surface area contributed by atoms with Gasteiger partial charge in [0.25, 0.3) is 0 Å². The second-order valence-corrected chi connectivity index (χ2v) is 14.2. The zero-order valence-electron chi connectivity index (χ0n) is 29.9. The minimum Gasteiger partial charge on any atom is -0.374 e. The molecule has 0 saturated heterocycles. The van der Waals surface area contributed by atoms with Crippen molar-refractivity contribution in [3.8, 4) is 0 Å². The summed E-state index contributed by atoms with van der Waals surface area (Å²) in [5.41, 5.74) is 18.9. The van der Waals surface area contributed by atoms with Gasteiger partial charge in [-0.2, -0.15) is 0 Å². The zero-order valence-corrected chi connectivity index (χ0v) is 29.9. The first kappa shape index (κ1) is 31.6. The molecule has 4 heteroatoms. The van der Waals surface area contributed by atoms with Gasteiger partial charge < -0.3 is 15.3 Å². The van der Waals surface area contributed by atoms with E-state index in [1.807, 2.05) is 0 Å². The Morgan fingerprint density at radius 3 is 1.54 bits per heavy atom. The third-order valence-electron chi connectivity index (χ3n) is 10.4. The molecule has 3 N–H and O–H groups in total. The summed E-state index contributed by atoms with van der Waals surface area (Å²) in [5, 5.41) is 6.05.